The van der Waals surface area contributed by atoms with Crippen molar-refractivity contribution >= 4 is 11.6 Å². The van der Waals surface area contributed by atoms with E-state index in [2.05, 4.69) is 11.7 Å². The van der Waals surface area contributed by atoms with Gasteiger partial charge in [-0.1, -0.05) is 66.7 Å². The van der Waals surface area contributed by atoms with Crippen LogP contribution in [0.1, 0.15) is 22.3 Å². The third kappa shape index (κ3) is 3.17. The first kappa shape index (κ1) is 17.9. The number of aliphatic hydroxyl groups excluding tert-OH is 1. The quantitative estimate of drug-likeness (QED) is 0.582. The average molecular weight is 371 g/mol. The van der Waals surface area contributed by atoms with Gasteiger partial charge >= 0.3 is 0 Å². The van der Waals surface area contributed by atoms with Crippen LogP contribution in [0.3, 0.4) is 0 Å². The van der Waals surface area contributed by atoms with E-state index in [0.717, 1.165) is 22.3 Å². The molecule has 0 fully saturated rings. The number of benzene rings is 2. The second-order valence-corrected chi connectivity index (χ2v) is 6.82. The number of aromatic nitrogens is 3. The molecular weight excluding hydrogens is 350 g/mol. The van der Waals surface area contributed by atoms with Gasteiger partial charge in [-0.05, 0) is 18.1 Å². The summed E-state index contributed by atoms with van der Waals surface area (Å²) in [4.78, 5) is 13.1. The second kappa shape index (κ2) is 7.29. The first-order valence-electron chi connectivity index (χ1n) is 9.10. The number of hydrogen-bond donors (Lipinski definition) is 1. The van der Waals surface area contributed by atoms with Gasteiger partial charge in [0.2, 0.25) is 0 Å². The molecule has 28 heavy (non-hydrogen) atoms. The molecule has 4 aromatic rings. The van der Waals surface area contributed by atoms with Crippen LogP contribution in [0.25, 0.3) is 22.9 Å². The minimum Gasteiger partial charge on any atom is -0.392 e. The second-order valence-electron chi connectivity index (χ2n) is 6.82. The predicted molar refractivity (Wildman–Crippen MR) is 111 cm³/mol. The zero-order valence-corrected chi connectivity index (χ0v) is 15.7. The third-order valence-electron chi connectivity index (χ3n) is 4.91. The maximum absolute atomic E-state index is 13.1. The molecule has 2 aromatic carbocycles. The predicted octanol–water partition coefficient (Wildman–Crippen LogP) is 3.66. The summed E-state index contributed by atoms with van der Waals surface area (Å²) in [5.41, 5.74) is 5.48. The summed E-state index contributed by atoms with van der Waals surface area (Å²) in [6, 6.07) is 15.8. The number of fused-ring (bicyclic) bond motifs is 1. The Labute approximate surface area is 162 Å². The van der Waals surface area contributed by atoms with E-state index in [0.29, 0.717) is 23.3 Å². The highest BCUT2D eigenvalue weighted by molar-refractivity contribution is 5.72. The van der Waals surface area contributed by atoms with Gasteiger partial charge in [0.15, 0.2) is 0 Å². The van der Waals surface area contributed by atoms with Gasteiger partial charge in [0.05, 0.1) is 18.8 Å². The summed E-state index contributed by atoms with van der Waals surface area (Å²) in [6.45, 7) is 5.97. The summed E-state index contributed by atoms with van der Waals surface area (Å²) >= 11 is 0. The summed E-state index contributed by atoms with van der Waals surface area (Å²) in [5.74, 6) is 0. The fourth-order valence-electron chi connectivity index (χ4n) is 3.32. The van der Waals surface area contributed by atoms with Crippen molar-refractivity contribution < 1.29 is 5.11 Å². The van der Waals surface area contributed by atoms with Crippen LogP contribution in [0.2, 0.25) is 0 Å². The highest BCUT2D eigenvalue weighted by Gasteiger charge is 2.17. The standard InChI is InChI=1S/C23H21N3O2/c1-3-17-6-8-18(9-7-17)14-25-12-13-26-22(23(25)28)20(15-27)21(24-26)19-10-4-16(2)5-11-19/h3-13,27H,1,14-15H2,2H3. The lowest BCUT2D eigenvalue weighted by Crippen LogP contribution is -2.22. The van der Waals surface area contributed by atoms with Gasteiger partial charge < -0.3 is 9.67 Å². The van der Waals surface area contributed by atoms with E-state index in [-0.39, 0.29) is 12.2 Å². The van der Waals surface area contributed by atoms with E-state index >= 15 is 0 Å². The van der Waals surface area contributed by atoms with Crippen LogP contribution >= 0.6 is 0 Å². The molecule has 2 heterocycles. The van der Waals surface area contributed by atoms with Crippen LogP contribution in [-0.4, -0.2) is 19.3 Å². The van der Waals surface area contributed by atoms with Crippen LogP contribution < -0.4 is 5.56 Å². The largest absolute Gasteiger partial charge is 0.392 e. The Bertz CT molecular complexity index is 1200. The van der Waals surface area contributed by atoms with E-state index in [9.17, 15) is 9.90 Å². The number of aliphatic hydroxyl groups is 1. The SMILES string of the molecule is C=Cc1ccc(Cn2ccn3nc(-c4ccc(C)cc4)c(CO)c3c2=O)cc1. The van der Waals surface area contributed by atoms with Crippen molar-refractivity contribution in [2.75, 3.05) is 0 Å². The zero-order valence-electron chi connectivity index (χ0n) is 15.7. The van der Waals surface area contributed by atoms with Gasteiger partial charge in [-0.15, -0.1) is 0 Å². The lowest BCUT2D eigenvalue weighted by molar-refractivity contribution is 0.283. The normalized spacial score (nSPS) is 11.1. The Morgan fingerprint density at radius 2 is 1.79 bits per heavy atom. The van der Waals surface area contributed by atoms with Crippen molar-refractivity contribution in [3.05, 3.63) is 100 Å². The van der Waals surface area contributed by atoms with E-state index in [1.807, 2.05) is 55.5 Å². The molecule has 0 spiro atoms. The molecule has 0 bridgehead atoms. The van der Waals surface area contributed by atoms with Crippen molar-refractivity contribution in [2.45, 2.75) is 20.1 Å². The molecule has 0 radical (unpaired) electrons. The van der Waals surface area contributed by atoms with Crippen molar-refractivity contribution in [3.63, 3.8) is 0 Å². The molecule has 0 atom stereocenters. The van der Waals surface area contributed by atoms with Crippen molar-refractivity contribution in [1.29, 1.82) is 0 Å². The van der Waals surface area contributed by atoms with E-state index in [1.165, 1.54) is 0 Å². The van der Waals surface area contributed by atoms with Gasteiger partial charge in [-0.25, -0.2) is 4.52 Å². The summed E-state index contributed by atoms with van der Waals surface area (Å²) in [5, 5.41) is 14.5. The van der Waals surface area contributed by atoms with Crippen molar-refractivity contribution in [1.82, 2.24) is 14.2 Å². The van der Waals surface area contributed by atoms with E-state index < -0.39 is 0 Å². The maximum atomic E-state index is 13.1. The van der Waals surface area contributed by atoms with Crippen LogP contribution in [0, 0.1) is 6.92 Å². The van der Waals surface area contributed by atoms with Gasteiger partial charge in [0.25, 0.3) is 5.56 Å². The molecule has 0 saturated heterocycles. The Kier molecular flexibility index (Phi) is 4.67. The van der Waals surface area contributed by atoms with Crippen molar-refractivity contribution in [3.8, 4) is 11.3 Å². The number of aryl methyl sites for hydroxylation is 1. The molecule has 0 aliphatic rings. The average Bonchev–Trinajstić information content (AvgIpc) is 3.10. The molecule has 4 rings (SSSR count). The smallest absolute Gasteiger partial charge is 0.277 e. The van der Waals surface area contributed by atoms with Gasteiger partial charge in [0, 0.05) is 23.5 Å². The third-order valence-corrected chi connectivity index (χ3v) is 4.91. The molecule has 0 aliphatic heterocycles. The van der Waals surface area contributed by atoms with Crippen molar-refractivity contribution in [2.24, 2.45) is 0 Å². The van der Waals surface area contributed by atoms with E-state index in [1.54, 1.807) is 27.6 Å². The first-order valence-corrected chi connectivity index (χ1v) is 9.10. The fourth-order valence-corrected chi connectivity index (χ4v) is 3.32. The van der Waals surface area contributed by atoms with Gasteiger partial charge in [-0.2, -0.15) is 5.10 Å². The van der Waals surface area contributed by atoms with Crippen LogP contribution in [0.5, 0.6) is 0 Å². The maximum Gasteiger partial charge on any atom is 0.277 e. The highest BCUT2D eigenvalue weighted by Crippen LogP contribution is 2.25. The van der Waals surface area contributed by atoms with Crippen LogP contribution in [0.15, 0.2) is 72.3 Å². The lowest BCUT2D eigenvalue weighted by atomic mass is 10.1. The molecule has 5 nitrogen and oxygen atoms in total. The fraction of sp³-hybridized carbons (Fsp3) is 0.130. The molecule has 0 amide bonds. The Morgan fingerprint density at radius 3 is 2.43 bits per heavy atom. The molecule has 0 saturated carbocycles. The highest BCUT2D eigenvalue weighted by atomic mass is 16.3. The lowest BCUT2D eigenvalue weighted by Gasteiger charge is -2.07. The Balaban J connectivity index is 1.80. The minimum absolute atomic E-state index is 0.176. The summed E-state index contributed by atoms with van der Waals surface area (Å²) < 4.78 is 3.19. The molecular formula is C23H21N3O2. The van der Waals surface area contributed by atoms with E-state index in [4.69, 9.17) is 0 Å². The molecule has 140 valence electrons. The number of hydrogen-bond acceptors (Lipinski definition) is 3. The Morgan fingerprint density at radius 1 is 1.07 bits per heavy atom. The first-order chi connectivity index (χ1) is 13.6. The molecule has 0 unspecified atom stereocenters. The van der Waals surface area contributed by atoms with Gasteiger partial charge in [-0.3, -0.25) is 4.79 Å². The summed E-state index contributed by atoms with van der Waals surface area (Å²) in [6.07, 6.45) is 5.27. The van der Waals surface area contributed by atoms with Gasteiger partial charge in [0.1, 0.15) is 5.52 Å². The van der Waals surface area contributed by atoms with Crippen LogP contribution in [-0.2, 0) is 13.2 Å². The van der Waals surface area contributed by atoms with Crippen LogP contribution in [0.4, 0.5) is 0 Å². The topological polar surface area (TPSA) is 59.5 Å². The minimum atomic E-state index is -0.250. The molecule has 1 N–H and O–H groups in total. The molecule has 0 aliphatic carbocycles. The monoisotopic (exact) mass is 371 g/mol. The zero-order chi connectivity index (χ0) is 19.7. The number of rotatable bonds is 5. The number of nitrogens with zero attached hydrogens (tertiary/aromatic N) is 3. The molecule has 2 aromatic heterocycles. The Hall–Kier alpha value is -3.44. The summed E-state index contributed by atoms with van der Waals surface area (Å²) in [7, 11) is 0. The molecule has 5 heteroatoms.